The van der Waals surface area contributed by atoms with Gasteiger partial charge in [0.15, 0.2) is 0 Å². The highest BCUT2D eigenvalue weighted by Crippen LogP contribution is 2.13. The van der Waals surface area contributed by atoms with Crippen molar-refractivity contribution in [3.05, 3.63) is 47.0 Å². The summed E-state index contributed by atoms with van der Waals surface area (Å²) >= 11 is 5.93. The fraction of sp³-hybridized carbons (Fsp3) is 0.400. The predicted molar refractivity (Wildman–Crippen MR) is 81.8 cm³/mol. The Morgan fingerprint density at radius 1 is 1.50 bits per heavy atom. The number of amides is 1. The fourth-order valence-electron chi connectivity index (χ4n) is 1.80. The van der Waals surface area contributed by atoms with E-state index in [-0.39, 0.29) is 5.91 Å². The Morgan fingerprint density at radius 3 is 2.95 bits per heavy atom. The van der Waals surface area contributed by atoms with Crippen molar-refractivity contribution in [3.63, 3.8) is 0 Å². The second-order valence-electron chi connectivity index (χ2n) is 4.35. The Kier molecular flexibility index (Phi) is 7.95. The minimum Gasteiger partial charge on any atom is -0.372 e. The quantitative estimate of drug-likeness (QED) is 0.720. The van der Waals surface area contributed by atoms with Gasteiger partial charge in [0.1, 0.15) is 6.10 Å². The van der Waals surface area contributed by atoms with Crippen LogP contribution in [0.3, 0.4) is 0 Å². The molecule has 0 aliphatic carbocycles. The van der Waals surface area contributed by atoms with E-state index < -0.39 is 6.10 Å². The SMILES string of the molecule is COC(CCc1cccc(Cl)c1)C(=O)NC/C=C/CN. The highest BCUT2D eigenvalue weighted by molar-refractivity contribution is 6.30. The zero-order chi connectivity index (χ0) is 14.8. The summed E-state index contributed by atoms with van der Waals surface area (Å²) in [4.78, 5) is 11.9. The molecule has 0 aliphatic rings. The van der Waals surface area contributed by atoms with Crippen molar-refractivity contribution >= 4 is 17.5 Å². The van der Waals surface area contributed by atoms with E-state index in [1.165, 1.54) is 7.11 Å². The molecule has 5 heteroatoms. The Morgan fingerprint density at radius 2 is 2.30 bits per heavy atom. The van der Waals surface area contributed by atoms with Crippen molar-refractivity contribution in [1.82, 2.24) is 5.32 Å². The Balaban J connectivity index is 2.42. The maximum atomic E-state index is 11.9. The fourth-order valence-corrected chi connectivity index (χ4v) is 2.01. The minimum atomic E-state index is -0.458. The van der Waals surface area contributed by atoms with Gasteiger partial charge in [-0.15, -0.1) is 0 Å². The number of rotatable bonds is 8. The second kappa shape index (κ2) is 9.53. The molecule has 110 valence electrons. The van der Waals surface area contributed by atoms with Gasteiger partial charge >= 0.3 is 0 Å². The van der Waals surface area contributed by atoms with Crippen molar-refractivity contribution in [1.29, 1.82) is 0 Å². The maximum absolute atomic E-state index is 11.9. The molecule has 0 radical (unpaired) electrons. The molecule has 0 aromatic heterocycles. The lowest BCUT2D eigenvalue weighted by Crippen LogP contribution is -2.36. The monoisotopic (exact) mass is 296 g/mol. The molecule has 4 nitrogen and oxygen atoms in total. The first kappa shape index (κ1) is 16.7. The van der Waals surface area contributed by atoms with Crippen LogP contribution in [0.1, 0.15) is 12.0 Å². The van der Waals surface area contributed by atoms with Crippen LogP contribution in [0, 0.1) is 0 Å². The van der Waals surface area contributed by atoms with Crippen molar-refractivity contribution < 1.29 is 9.53 Å². The number of aryl methyl sites for hydroxylation is 1. The van der Waals surface area contributed by atoms with Crippen LogP contribution in [-0.4, -0.2) is 32.2 Å². The minimum absolute atomic E-state index is 0.115. The molecule has 0 aliphatic heterocycles. The van der Waals surface area contributed by atoms with Crippen LogP contribution < -0.4 is 11.1 Å². The number of carbonyl (C=O) groups excluding carboxylic acids is 1. The number of halogens is 1. The van der Waals surface area contributed by atoms with Gasteiger partial charge in [-0.25, -0.2) is 0 Å². The molecule has 1 amide bonds. The van der Waals surface area contributed by atoms with E-state index in [4.69, 9.17) is 22.1 Å². The molecule has 1 rings (SSSR count). The summed E-state index contributed by atoms with van der Waals surface area (Å²) < 4.78 is 5.23. The van der Waals surface area contributed by atoms with Gasteiger partial charge in [-0.05, 0) is 30.5 Å². The van der Waals surface area contributed by atoms with Gasteiger partial charge in [0, 0.05) is 25.2 Å². The van der Waals surface area contributed by atoms with E-state index in [2.05, 4.69) is 5.32 Å². The number of ether oxygens (including phenoxy) is 1. The van der Waals surface area contributed by atoms with Crippen LogP contribution in [0.2, 0.25) is 5.02 Å². The summed E-state index contributed by atoms with van der Waals surface area (Å²) in [6.07, 6.45) is 4.52. The van der Waals surface area contributed by atoms with E-state index in [1.54, 1.807) is 6.08 Å². The molecule has 20 heavy (non-hydrogen) atoms. The summed E-state index contributed by atoms with van der Waals surface area (Å²) in [5, 5.41) is 3.49. The number of hydrogen-bond acceptors (Lipinski definition) is 3. The summed E-state index contributed by atoms with van der Waals surface area (Å²) in [5.74, 6) is -0.115. The number of hydrogen-bond donors (Lipinski definition) is 2. The lowest BCUT2D eigenvalue weighted by molar-refractivity contribution is -0.131. The van der Waals surface area contributed by atoms with Gasteiger partial charge in [0.2, 0.25) is 5.91 Å². The van der Waals surface area contributed by atoms with Crippen molar-refractivity contribution in [2.45, 2.75) is 18.9 Å². The Bertz CT molecular complexity index is 449. The van der Waals surface area contributed by atoms with Crippen molar-refractivity contribution in [3.8, 4) is 0 Å². The van der Waals surface area contributed by atoms with E-state index >= 15 is 0 Å². The molecule has 1 unspecified atom stereocenters. The number of methoxy groups -OCH3 is 1. The molecular weight excluding hydrogens is 276 g/mol. The molecule has 1 atom stereocenters. The van der Waals surface area contributed by atoms with Crippen LogP contribution in [0.15, 0.2) is 36.4 Å². The number of nitrogens with two attached hydrogens (primary N) is 1. The third kappa shape index (κ3) is 6.19. The second-order valence-corrected chi connectivity index (χ2v) is 4.78. The first-order valence-electron chi connectivity index (χ1n) is 6.57. The van der Waals surface area contributed by atoms with E-state index in [1.807, 2.05) is 30.3 Å². The van der Waals surface area contributed by atoms with Gasteiger partial charge in [0.05, 0.1) is 0 Å². The average Bonchev–Trinajstić information content (AvgIpc) is 2.44. The third-order valence-electron chi connectivity index (χ3n) is 2.86. The topological polar surface area (TPSA) is 64.3 Å². The van der Waals surface area contributed by atoms with Crippen LogP contribution in [0.25, 0.3) is 0 Å². The van der Waals surface area contributed by atoms with Gasteiger partial charge in [0.25, 0.3) is 0 Å². The number of nitrogens with one attached hydrogen (secondary N) is 1. The van der Waals surface area contributed by atoms with Crippen LogP contribution in [0.5, 0.6) is 0 Å². The highest BCUT2D eigenvalue weighted by atomic mass is 35.5. The van der Waals surface area contributed by atoms with Crippen LogP contribution >= 0.6 is 11.6 Å². The van der Waals surface area contributed by atoms with Crippen LogP contribution in [-0.2, 0) is 16.0 Å². The predicted octanol–water partition coefficient (Wildman–Crippen LogP) is 1.92. The first-order chi connectivity index (χ1) is 9.67. The standard InChI is InChI=1S/C15H21ClN2O2/c1-20-14(15(19)18-10-3-2-9-17)8-7-12-5-4-6-13(16)11-12/h2-6,11,14H,7-10,17H2,1H3,(H,18,19)/b3-2+. The maximum Gasteiger partial charge on any atom is 0.249 e. The molecule has 0 saturated heterocycles. The number of benzene rings is 1. The van der Waals surface area contributed by atoms with Gasteiger partial charge in [-0.1, -0.05) is 35.9 Å². The zero-order valence-corrected chi connectivity index (χ0v) is 12.4. The van der Waals surface area contributed by atoms with E-state index in [0.29, 0.717) is 24.5 Å². The normalized spacial score (nSPS) is 12.6. The molecule has 0 heterocycles. The molecule has 1 aromatic carbocycles. The van der Waals surface area contributed by atoms with E-state index in [9.17, 15) is 4.79 Å². The Labute approximate surface area is 124 Å². The van der Waals surface area contributed by atoms with Gasteiger partial charge in [-0.3, -0.25) is 4.79 Å². The number of carbonyl (C=O) groups is 1. The van der Waals surface area contributed by atoms with Crippen molar-refractivity contribution in [2.24, 2.45) is 5.73 Å². The van der Waals surface area contributed by atoms with Gasteiger partial charge in [-0.2, -0.15) is 0 Å². The molecule has 3 N–H and O–H groups in total. The highest BCUT2D eigenvalue weighted by Gasteiger charge is 2.16. The molecule has 0 saturated carbocycles. The molecule has 0 fully saturated rings. The summed E-state index contributed by atoms with van der Waals surface area (Å²) in [5.41, 5.74) is 6.41. The third-order valence-corrected chi connectivity index (χ3v) is 3.09. The molecule has 1 aromatic rings. The summed E-state index contributed by atoms with van der Waals surface area (Å²) in [7, 11) is 1.54. The van der Waals surface area contributed by atoms with E-state index in [0.717, 1.165) is 12.0 Å². The molecule has 0 bridgehead atoms. The summed E-state index contributed by atoms with van der Waals surface area (Å²) in [6, 6.07) is 7.61. The van der Waals surface area contributed by atoms with Crippen LogP contribution in [0.4, 0.5) is 0 Å². The Hall–Kier alpha value is -1.36. The molecule has 0 spiro atoms. The van der Waals surface area contributed by atoms with Gasteiger partial charge < -0.3 is 15.8 Å². The smallest absolute Gasteiger partial charge is 0.249 e. The average molecular weight is 297 g/mol. The largest absolute Gasteiger partial charge is 0.372 e. The van der Waals surface area contributed by atoms with Crippen molar-refractivity contribution in [2.75, 3.05) is 20.2 Å². The summed E-state index contributed by atoms with van der Waals surface area (Å²) in [6.45, 7) is 0.936. The molecular formula is C15H21ClN2O2. The first-order valence-corrected chi connectivity index (χ1v) is 6.95. The lowest BCUT2D eigenvalue weighted by atomic mass is 10.1. The lowest BCUT2D eigenvalue weighted by Gasteiger charge is -2.14. The zero-order valence-electron chi connectivity index (χ0n) is 11.6.